The van der Waals surface area contributed by atoms with Crippen LogP contribution in [0, 0.1) is 0 Å². The van der Waals surface area contributed by atoms with Gasteiger partial charge >= 0.3 is 0 Å². The van der Waals surface area contributed by atoms with Crippen LogP contribution in [0.15, 0.2) is 0 Å². The van der Waals surface area contributed by atoms with Crippen molar-refractivity contribution >= 4 is 12.2 Å². The molecular weight excluding hydrogens is 182 g/mol. The van der Waals surface area contributed by atoms with Crippen molar-refractivity contribution in [3.05, 3.63) is 0 Å². The topological polar surface area (TPSA) is 46.6 Å². The number of amides is 1. The second-order valence-electron chi connectivity index (χ2n) is 3.98. The van der Waals surface area contributed by atoms with Crippen molar-refractivity contribution in [2.45, 2.75) is 33.2 Å². The Labute approximate surface area is 85.2 Å². The van der Waals surface area contributed by atoms with Crippen molar-refractivity contribution in [1.82, 2.24) is 4.90 Å². The molecule has 4 heteroatoms. The SMILES string of the molecule is CCOCCN(C(=O)C=O)C(C)(C)C. The number of nitrogens with zero attached hydrogens (tertiary/aromatic N) is 1. The van der Waals surface area contributed by atoms with Gasteiger partial charge in [0.05, 0.1) is 6.61 Å². The van der Waals surface area contributed by atoms with Gasteiger partial charge in [-0.05, 0) is 27.7 Å². The minimum absolute atomic E-state index is 0.338. The highest BCUT2D eigenvalue weighted by molar-refractivity contribution is 6.23. The number of rotatable bonds is 5. The van der Waals surface area contributed by atoms with Crippen LogP contribution in [0.3, 0.4) is 0 Å². The van der Waals surface area contributed by atoms with Gasteiger partial charge in [-0.2, -0.15) is 0 Å². The molecule has 0 aliphatic carbocycles. The van der Waals surface area contributed by atoms with Gasteiger partial charge in [0.25, 0.3) is 5.91 Å². The monoisotopic (exact) mass is 201 g/mol. The normalized spacial score (nSPS) is 11.1. The molecule has 82 valence electrons. The van der Waals surface area contributed by atoms with Crippen LogP contribution in [-0.2, 0) is 14.3 Å². The summed E-state index contributed by atoms with van der Waals surface area (Å²) in [6.45, 7) is 9.10. The molecular formula is C10H19NO3. The molecule has 0 atom stereocenters. The standard InChI is InChI=1S/C10H19NO3/c1-5-14-7-6-11(9(13)8-12)10(2,3)4/h8H,5-7H2,1-4H3. The van der Waals surface area contributed by atoms with E-state index in [0.717, 1.165) is 0 Å². The van der Waals surface area contributed by atoms with E-state index in [9.17, 15) is 9.59 Å². The first kappa shape index (κ1) is 13.1. The van der Waals surface area contributed by atoms with Crippen LogP contribution < -0.4 is 0 Å². The number of hydrogen-bond donors (Lipinski definition) is 0. The molecule has 0 bridgehead atoms. The second-order valence-corrected chi connectivity index (χ2v) is 3.98. The highest BCUT2D eigenvalue weighted by Gasteiger charge is 2.25. The van der Waals surface area contributed by atoms with E-state index < -0.39 is 5.91 Å². The van der Waals surface area contributed by atoms with E-state index in [2.05, 4.69) is 0 Å². The van der Waals surface area contributed by atoms with E-state index in [1.165, 1.54) is 4.90 Å². The first-order chi connectivity index (χ1) is 6.43. The van der Waals surface area contributed by atoms with Crippen molar-refractivity contribution in [3.8, 4) is 0 Å². The average Bonchev–Trinajstić information content (AvgIpc) is 2.09. The predicted octanol–water partition coefficient (Wildman–Crippen LogP) is 0.849. The fourth-order valence-corrected chi connectivity index (χ4v) is 1.14. The van der Waals surface area contributed by atoms with Gasteiger partial charge in [0.15, 0.2) is 0 Å². The first-order valence-corrected chi connectivity index (χ1v) is 4.78. The maximum atomic E-state index is 11.3. The van der Waals surface area contributed by atoms with E-state index in [1.807, 2.05) is 27.7 Å². The van der Waals surface area contributed by atoms with Crippen LogP contribution in [0.2, 0.25) is 0 Å². The molecule has 0 radical (unpaired) electrons. The molecule has 0 aromatic heterocycles. The summed E-state index contributed by atoms with van der Waals surface area (Å²) in [6, 6.07) is 0. The zero-order valence-electron chi connectivity index (χ0n) is 9.37. The summed E-state index contributed by atoms with van der Waals surface area (Å²) >= 11 is 0. The third-order valence-electron chi connectivity index (χ3n) is 1.84. The summed E-state index contributed by atoms with van der Waals surface area (Å²) in [4.78, 5) is 23.2. The maximum absolute atomic E-state index is 11.3. The van der Waals surface area contributed by atoms with Crippen molar-refractivity contribution in [2.24, 2.45) is 0 Å². The second kappa shape index (κ2) is 5.75. The zero-order chi connectivity index (χ0) is 11.2. The van der Waals surface area contributed by atoms with Crippen molar-refractivity contribution in [2.75, 3.05) is 19.8 Å². The zero-order valence-corrected chi connectivity index (χ0v) is 9.37. The Morgan fingerprint density at radius 1 is 1.43 bits per heavy atom. The average molecular weight is 201 g/mol. The molecule has 1 amide bonds. The number of ether oxygens (including phenoxy) is 1. The lowest BCUT2D eigenvalue weighted by molar-refractivity contribution is -0.143. The number of carbonyl (C=O) groups is 2. The van der Waals surface area contributed by atoms with Gasteiger partial charge in [0.2, 0.25) is 6.29 Å². The Bertz CT molecular complexity index is 196. The van der Waals surface area contributed by atoms with Crippen LogP contribution >= 0.6 is 0 Å². The van der Waals surface area contributed by atoms with Crippen LogP contribution in [0.5, 0.6) is 0 Å². The molecule has 0 aliphatic rings. The minimum atomic E-state index is -0.489. The highest BCUT2D eigenvalue weighted by Crippen LogP contribution is 2.12. The molecule has 4 nitrogen and oxygen atoms in total. The van der Waals surface area contributed by atoms with E-state index in [1.54, 1.807) is 0 Å². The molecule has 0 saturated heterocycles. The van der Waals surface area contributed by atoms with Crippen molar-refractivity contribution < 1.29 is 14.3 Å². The Kier molecular flexibility index (Phi) is 5.38. The maximum Gasteiger partial charge on any atom is 0.287 e. The van der Waals surface area contributed by atoms with E-state index in [4.69, 9.17) is 4.74 Å². The van der Waals surface area contributed by atoms with Crippen LogP contribution in [0.4, 0.5) is 0 Å². The molecule has 0 aromatic carbocycles. The summed E-state index contributed by atoms with van der Waals surface area (Å²) in [6.07, 6.45) is 0.344. The summed E-state index contributed by atoms with van der Waals surface area (Å²) in [7, 11) is 0. The largest absolute Gasteiger partial charge is 0.380 e. The van der Waals surface area contributed by atoms with Gasteiger partial charge in [-0.25, -0.2) is 0 Å². The van der Waals surface area contributed by atoms with Crippen LogP contribution in [0.1, 0.15) is 27.7 Å². The predicted molar refractivity (Wildman–Crippen MR) is 54.0 cm³/mol. The van der Waals surface area contributed by atoms with E-state index in [-0.39, 0.29) is 5.54 Å². The highest BCUT2D eigenvalue weighted by atomic mass is 16.5. The quantitative estimate of drug-likeness (QED) is 0.376. The van der Waals surface area contributed by atoms with Gasteiger partial charge in [-0.3, -0.25) is 9.59 Å². The lowest BCUT2D eigenvalue weighted by Crippen LogP contribution is -2.47. The van der Waals surface area contributed by atoms with E-state index in [0.29, 0.717) is 26.0 Å². The Hall–Kier alpha value is -0.900. The van der Waals surface area contributed by atoms with Gasteiger partial charge in [-0.15, -0.1) is 0 Å². The van der Waals surface area contributed by atoms with Gasteiger partial charge in [0.1, 0.15) is 0 Å². The number of carbonyl (C=O) groups excluding carboxylic acids is 2. The molecule has 14 heavy (non-hydrogen) atoms. The molecule has 0 rings (SSSR count). The summed E-state index contributed by atoms with van der Waals surface area (Å²) < 4.78 is 5.14. The molecule has 0 fully saturated rings. The number of hydrogen-bond acceptors (Lipinski definition) is 3. The minimum Gasteiger partial charge on any atom is -0.380 e. The number of aldehydes is 1. The molecule has 0 N–H and O–H groups in total. The third-order valence-corrected chi connectivity index (χ3v) is 1.84. The first-order valence-electron chi connectivity index (χ1n) is 4.78. The Morgan fingerprint density at radius 2 is 2.00 bits per heavy atom. The summed E-state index contributed by atoms with van der Waals surface area (Å²) in [5.41, 5.74) is -0.338. The molecule has 0 aliphatic heterocycles. The smallest absolute Gasteiger partial charge is 0.287 e. The summed E-state index contributed by atoms with van der Waals surface area (Å²) in [5, 5.41) is 0. The van der Waals surface area contributed by atoms with Crippen LogP contribution in [-0.4, -0.2) is 42.4 Å². The molecule has 0 aromatic rings. The van der Waals surface area contributed by atoms with Crippen molar-refractivity contribution in [1.29, 1.82) is 0 Å². The Balaban J connectivity index is 4.26. The third kappa shape index (κ3) is 4.37. The lowest BCUT2D eigenvalue weighted by atomic mass is 10.1. The molecule has 0 spiro atoms. The fourth-order valence-electron chi connectivity index (χ4n) is 1.14. The Morgan fingerprint density at radius 3 is 2.36 bits per heavy atom. The fraction of sp³-hybridized carbons (Fsp3) is 0.800. The van der Waals surface area contributed by atoms with Gasteiger partial charge in [0, 0.05) is 18.7 Å². The van der Waals surface area contributed by atoms with Gasteiger partial charge in [-0.1, -0.05) is 0 Å². The van der Waals surface area contributed by atoms with Gasteiger partial charge < -0.3 is 9.64 Å². The summed E-state index contributed by atoms with van der Waals surface area (Å²) in [5.74, 6) is -0.489. The van der Waals surface area contributed by atoms with Crippen LogP contribution in [0.25, 0.3) is 0 Å². The van der Waals surface area contributed by atoms with Crippen molar-refractivity contribution in [3.63, 3.8) is 0 Å². The van der Waals surface area contributed by atoms with E-state index >= 15 is 0 Å². The lowest BCUT2D eigenvalue weighted by Gasteiger charge is -2.34. The molecule has 0 saturated carbocycles. The molecule has 0 unspecified atom stereocenters. The molecule has 0 heterocycles.